The number of aliphatic hydroxyl groups is 1. The third-order valence-corrected chi connectivity index (χ3v) is 4.06. The largest absolute Gasteiger partial charge is 0.384 e. The number of ether oxygens (including phenoxy) is 1. The summed E-state index contributed by atoms with van der Waals surface area (Å²) in [5.41, 5.74) is 3.89. The molecule has 0 fully saturated rings. The lowest BCUT2D eigenvalue weighted by atomic mass is 9.98. The summed E-state index contributed by atoms with van der Waals surface area (Å²) in [6.07, 6.45) is -0.708. The van der Waals surface area contributed by atoms with E-state index in [2.05, 4.69) is 0 Å². The van der Waals surface area contributed by atoms with Crippen LogP contribution in [0.25, 0.3) is 0 Å². The average molecular weight is 295 g/mol. The van der Waals surface area contributed by atoms with E-state index in [1.165, 1.54) is 5.56 Å². The standard InChI is InChI=1S/C15H12Cl2O2/c16-13-4-3-10(6-14(13)17)15(18)9-1-2-11-7-19-8-12(11)5-9/h1-6,15,18H,7-8H2. The molecule has 0 amide bonds. The predicted molar refractivity (Wildman–Crippen MR) is 75.5 cm³/mol. The molecule has 0 saturated carbocycles. The minimum atomic E-state index is -0.708. The molecule has 0 aliphatic carbocycles. The zero-order chi connectivity index (χ0) is 13.4. The fraction of sp³-hybridized carbons (Fsp3) is 0.200. The van der Waals surface area contributed by atoms with Crippen LogP contribution >= 0.6 is 23.2 Å². The molecular weight excluding hydrogens is 283 g/mol. The number of hydrogen-bond donors (Lipinski definition) is 1. The van der Waals surface area contributed by atoms with Gasteiger partial charge in [0.25, 0.3) is 0 Å². The van der Waals surface area contributed by atoms with Crippen LogP contribution < -0.4 is 0 Å². The first-order valence-corrected chi connectivity index (χ1v) is 6.73. The van der Waals surface area contributed by atoms with Gasteiger partial charge in [-0.2, -0.15) is 0 Å². The highest BCUT2D eigenvalue weighted by atomic mass is 35.5. The fourth-order valence-corrected chi connectivity index (χ4v) is 2.54. The van der Waals surface area contributed by atoms with Gasteiger partial charge in [0.05, 0.1) is 23.3 Å². The Morgan fingerprint density at radius 3 is 2.37 bits per heavy atom. The van der Waals surface area contributed by atoms with Crippen molar-refractivity contribution in [2.45, 2.75) is 19.3 Å². The molecule has 1 unspecified atom stereocenters. The molecule has 1 heterocycles. The Morgan fingerprint density at radius 2 is 1.58 bits per heavy atom. The van der Waals surface area contributed by atoms with Gasteiger partial charge >= 0.3 is 0 Å². The van der Waals surface area contributed by atoms with Gasteiger partial charge < -0.3 is 9.84 Å². The summed E-state index contributed by atoms with van der Waals surface area (Å²) in [5, 5.41) is 11.3. The molecule has 98 valence electrons. The summed E-state index contributed by atoms with van der Waals surface area (Å²) < 4.78 is 5.37. The van der Waals surface area contributed by atoms with Gasteiger partial charge in [0.2, 0.25) is 0 Å². The van der Waals surface area contributed by atoms with Gasteiger partial charge in [-0.1, -0.05) is 47.5 Å². The van der Waals surface area contributed by atoms with Crippen molar-refractivity contribution < 1.29 is 9.84 Å². The van der Waals surface area contributed by atoms with Crippen LogP contribution in [0.5, 0.6) is 0 Å². The summed E-state index contributed by atoms with van der Waals surface area (Å²) in [5.74, 6) is 0. The first-order chi connectivity index (χ1) is 9.15. The van der Waals surface area contributed by atoms with Crippen molar-refractivity contribution in [1.82, 2.24) is 0 Å². The van der Waals surface area contributed by atoms with Gasteiger partial charge in [0, 0.05) is 0 Å². The van der Waals surface area contributed by atoms with Gasteiger partial charge in [-0.3, -0.25) is 0 Å². The van der Waals surface area contributed by atoms with E-state index in [9.17, 15) is 5.11 Å². The zero-order valence-electron chi connectivity index (χ0n) is 10.1. The topological polar surface area (TPSA) is 29.5 Å². The van der Waals surface area contributed by atoms with E-state index >= 15 is 0 Å². The maximum Gasteiger partial charge on any atom is 0.104 e. The van der Waals surface area contributed by atoms with Crippen LogP contribution in [0.4, 0.5) is 0 Å². The molecule has 0 aromatic heterocycles. The third-order valence-electron chi connectivity index (χ3n) is 3.32. The second-order valence-electron chi connectivity index (χ2n) is 4.60. The normalized spacial score (nSPS) is 15.3. The number of benzene rings is 2. The number of aliphatic hydroxyl groups excluding tert-OH is 1. The first-order valence-electron chi connectivity index (χ1n) is 5.97. The van der Waals surface area contributed by atoms with Gasteiger partial charge in [0.1, 0.15) is 6.10 Å². The van der Waals surface area contributed by atoms with E-state index < -0.39 is 6.10 Å². The summed E-state index contributed by atoms with van der Waals surface area (Å²) in [4.78, 5) is 0. The van der Waals surface area contributed by atoms with Crippen LogP contribution in [0.2, 0.25) is 10.0 Å². The lowest BCUT2D eigenvalue weighted by Gasteiger charge is -2.13. The minimum Gasteiger partial charge on any atom is -0.384 e. The molecule has 2 aromatic rings. The lowest BCUT2D eigenvalue weighted by molar-refractivity contribution is 0.134. The molecule has 0 spiro atoms. The maximum absolute atomic E-state index is 10.4. The molecule has 4 heteroatoms. The van der Waals surface area contributed by atoms with E-state index in [0.717, 1.165) is 16.7 Å². The van der Waals surface area contributed by atoms with E-state index in [0.29, 0.717) is 23.3 Å². The van der Waals surface area contributed by atoms with Gasteiger partial charge in [-0.15, -0.1) is 0 Å². The highest BCUT2D eigenvalue weighted by Crippen LogP contribution is 2.30. The second kappa shape index (κ2) is 5.14. The van der Waals surface area contributed by atoms with Crippen molar-refractivity contribution in [2.75, 3.05) is 0 Å². The lowest BCUT2D eigenvalue weighted by Crippen LogP contribution is -2.00. The molecule has 2 nitrogen and oxygen atoms in total. The molecule has 0 bridgehead atoms. The molecule has 0 radical (unpaired) electrons. The number of fused-ring (bicyclic) bond motifs is 1. The van der Waals surface area contributed by atoms with Crippen molar-refractivity contribution in [3.63, 3.8) is 0 Å². The fourth-order valence-electron chi connectivity index (χ4n) is 2.24. The number of hydrogen-bond acceptors (Lipinski definition) is 2. The Bertz CT molecular complexity index is 626. The number of halogens is 2. The monoisotopic (exact) mass is 294 g/mol. The van der Waals surface area contributed by atoms with Crippen LogP contribution in [0, 0.1) is 0 Å². The number of rotatable bonds is 2. The Kier molecular flexibility index (Phi) is 3.50. The van der Waals surface area contributed by atoms with Crippen molar-refractivity contribution in [1.29, 1.82) is 0 Å². The predicted octanol–water partition coefficient (Wildman–Crippen LogP) is 4.11. The molecule has 2 aromatic carbocycles. The van der Waals surface area contributed by atoms with Crippen LogP contribution in [-0.2, 0) is 18.0 Å². The molecule has 1 aliphatic heterocycles. The first kappa shape index (κ1) is 12.9. The van der Waals surface area contributed by atoms with Crippen molar-refractivity contribution in [3.8, 4) is 0 Å². The van der Waals surface area contributed by atoms with Crippen LogP contribution in [0.1, 0.15) is 28.4 Å². The molecule has 0 saturated heterocycles. The molecule has 1 N–H and O–H groups in total. The highest BCUT2D eigenvalue weighted by molar-refractivity contribution is 6.42. The van der Waals surface area contributed by atoms with E-state index in [-0.39, 0.29) is 0 Å². The van der Waals surface area contributed by atoms with Gasteiger partial charge in [0.15, 0.2) is 0 Å². The Labute approximate surface area is 121 Å². The van der Waals surface area contributed by atoms with Crippen LogP contribution in [0.3, 0.4) is 0 Å². The Morgan fingerprint density at radius 1 is 0.895 bits per heavy atom. The average Bonchev–Trinajstić information content (AvgIpc) is 2.88. The summed E-state index contributed by atoms with van der Waals surface area (Å²) in [6.45, 7) is 1.26. The van der Waals surface area contributed by atoms with Crippen LogP contribution in [-0.4, -0.2) is 5.11 Å². The van der Waals surface area contributed by atoms with Crippen molar-refractivity contribution in [3.05, 3.63) is 68.7 Å². The van der Waals surface area contributed by atoms with E-state index in [1.54, 1.807) is 18.2 Å². The quantitative estimate of drug-likeness (QED) is 0.903. The molecule has 1 atom stereocenters. The van der Waals surface area contributed by atoms with Crippen molar-refractivity contribution in [2.24, 2.45) is 0 Å². The van der Waals surface area contributed by atoms with Gasteiger partial charge in [-0.05, 0) is 34.4 Å². The third kappa shape index (κ3) is 2.49. The highest BCUT2D eigenvalue weighted by Gasteiger charge is 2.16. The van der Waals surface area contributed by atoms with Crippen molar-refractivity contribution >= 4 is 23.2 Å². The van der Waals surface area contributed by atoms with E-state index in [1.807, 2.05) is 18.2 Å². The van der Waals surface area contributed by atoms with E-state index in [4.69, 9.17) is 27.9 Å². The van der Waals surface area contributed by atoms with Gasteiger partial charge in [-0.25, -0.2) is 0 Å². The SMILES string of the molecule is OC(c1ccc(Cl)c(Cl)c1)c1ccc2c(c1)COC2. The molecule has 1 aliphatic rings. The molecular formula is C15H12Cl2O2. The minimum absolute atomic E-state index is 0.447. The van der Waals surface area contributed by atoms with Crippen LogP contribution in [0.15, 0.2) is 36.4 Å². The summed E-state index contributed by atoms with van der Waals surface area (Å²) in [6, 6.07) is 11.1. The smallest absolute Gasteiger partial charge is 0.104 e. The Balaban J connectivity index is 1.94. The zero-order valence-corrected chi connectivity index (χ0v) is 11.6. The Hall–Kier alpha value is -1.06. The molecule has 3 rings (SSSR count). The maximum atomic E-state index is 10.4. The second-order valence-corrected chi connectivity index (χ2v) is 5.41. The summed E-state index contributed by atoms with van der Waals surface area (Å²) >= 11 is 11.9. The summed E-state index contributed by atoms with van der Waals surface area (Å²) in [7, 11) is 0. The molecule has 19 heavy (non-hydrogen) atoms.